The molecule has 26 heavy (non-hydrogen) atoms. The first-order chi connectivity index (χ1) is 12.3. The predicted octanol–water partition coefficient (Wildman–Crippen LogP) is 3.12. The van der Waals surface area contributed by atoms with E-state index in [1.54, 1.807) is 19.3 Å². The summed E-state index contributed by atoms with van der Waals surface area (Å²) in [4.78, 5) is 15.2. The van der Waals surface area contributed by atoms with Crippen LogP contribution in [0.2, 0.25) is 0 Å². The number of carboxylic acid groups (broad SMARTS) is 1. The summed E-state index contributed by atoms with van der Waals surface area (Å²) in [6, 6.07) is 6.14. The van der Waals surface area contributed by atoms with Crippen LogP contribution < -0.4 is 4.72 Å². The average Bonchev–Trinajstić information content (AvgIpc) is 2.91. The minimum absolute atomic E-state index is 0.0539. The molecule has 0 bridgehead atoms. The molecule has 0 fully saturated rings. The number of nitrogens with one attached hydrogen (secondary N) is 1. The Morgan fingerprint density at radius 2 is 2.08 bits per heavy atom. The van der Waals surface area contributed by atoms with E-state index in [-0.39, 0.29) is 17.2 Å². The number of carboxylic acids is 1. The van der Waals surface area contributed by atoms with Crippen LogP contribution in [0, 0.1) is 6.92 Å². The van der Waals surface area contributed by atoms with Crippen LogP contribution in [0.15, 0.2) is 50.4 Å². The van der Waals surface area contributed by atoms with Gasteiger partial charge in [-0.2, -0.15) is 0 Å². The fraction of sp³-hybridized carbons (Fsp3) is 0.176. The topological polar surface area (TPSA) is 109 Å². The largest absolute Gasteiger partial charge is 0.475 e. The zero-order valence-corrected chi connectivity index (χ0v) is 16.1. The molecule has 0 radical (unpaired) electrons. The minimum Gasteiger partial charge on any atom is -0.475 e. The summed E-state index contributed by atoms with van der Waals surface area (Å²) in [5.41, 5.74) is 1.62. The van der Waals surface area contributed by atoms with Gasteiger partial charge in [-0.25, -0.2) is 17.9 Å². The van der Waals surface area contributed by atoms with Crippen molar-refractivity contribution in [3.63, 3.8) is 0 Å². The number of hydrogen-bond donors (Lipinski definition) is 2. The summed E-state index contributed by atoms with van der Waals surface area (Å²) in [5.74, 6) is -1.38. The fourth-order valence-corrected chi connectivity index (χ4v) is 4.05. The second kappa shape index (κ2) is 7.18. The van der Waals surface area contributed by atoms with Crippen LogP contribution >= 0.6 is 15.9 Å². The van der Waals surface area contributed by atoms with E-state index in [9.17, 15) is 13.2 Å². The Morgan fingerprint density at radius 3 is 2.77 bits per heavy atom. The molecule has 0 aliphatic carbocycles. The molecular weight excluding hydrogens is 424 g/mol. The van der Waals surface area contributed by atoms with Crippen molar-refractivity contribution in [3.05, 3.63) is 58.0 Å². The molecule has 2 heterocycles. The molecule has 0 amide bonds. The van der Waals surface area contributed by atoms with Crippen LogP contribution in [0.4, 0.5) is 0 Å². The molecule has 136 valence electrons. The molecular formula is C17H15BrN2O5S. The quantitative estimate of drug-likeness (QED) is 0.611. The summed E-state index contributed by atoms with van der Waals surface area (Å²) in [7, 11) is -3.73. The van der Waals surface area contributed by atoms with Gasteiger partial charge < -0.3 is 9.52 Å². The number of aromatic nitrogens is 1. The molecule has 0 unspecified atom stereocenters. The van der Waals surface area contributed by atoms with E-state index in [0.29, 0.717) is 23.0 Å². The van der Waals surface area contributed by atoms with Crippen molar-refractivity contribution in [1.82, 2.24) is 9.71 Å². The molecule has 0 atom stereocenters. The van der Waals surface area contributed by atoms with Crippen molar-refractivity contribution in [2.24, 2.45) is 0 Å². The molecule has 1 aromatic carbocycles. The lowest BCUT2D eigenvalue weighted by Crippen LogP contribution is -2.26. The number of pyridine rings is 1. The lowest BCUT2D eigenvalue weighted by atomic mass is 10.1. The highest BCUT2D eigenvalue weighted by molar-refractivity contribution is 9.10. The normalized spacial score (nSPS) is 11.8. The van der Waals surface area contributed by atoms with Crippen molar-refractivity contribution >= 4 is 42.9 Å². The molecule has 3 aromatic rings. The number of hydrogen-bond acceptors (Lipinski definition) is 5. The number of sulfonamides is 1. The number of aromatic carboxylic acids is 1. The van der Waals surface area contributed by atoms with Gasteiger partial charge in [-0.05, 0) is 59.1 Å². The molecule has 0 saturated carbocycles. The Balaban J connectivity index is 1.80. The predicted molar refractivity (Wildman–Crippen MR) is 98.7 cm³/mol. The van der Waals surface area contributed by atoms with E-state index in [2.05, 4.69) is 25.6 Å². The lowest BCUT2D eigenvalue weighted by Gasteiger charge is -2.07. The smallest absolute Gasteiger partial charge is 0.372 e. The third-order valence-electron chi connectivity index (χ3n) is 3.88. The number of fused-ring (bicyclic) bond motifs is 1. The summed E-state index contributed by atoms with van der Waals surface area (Å²) in [5, 5.41) is 9.57. The van der Waals surface area contributed by atoms with Gasteiger partial charge in [-0.3, -0.25) is 4.98 Å². The maximum Gasteiger partial charge on any atom is 0.372 e. The first kappa shape index (κ1) is 18.6. The fourth-order valence-electron chi connectivity index (χ4n) is 2.58. The first-order valence-corrected chi connectivity index (χ1v) is 9.91. The van der Waals surface area contributed by atoms with Gasteiger partial charge in [0.2, 0.25) is 15.8 Å². The van der Waals surface area contributed by atoms with Gasteiger partial charge in [-0.15, -0.1) is 0 Å². The van der Waals surface area contributed by atoms with Crippen LogP contribution in [0.5, 0.6) is 0 Å². The number of benzene rings is 1. The maximum absolute atomic E-state index is 12.5. The van der Waals surface area contributed by atoms with E-state index in [4.69, 9.17) is 9.52 Å². The highest BCUT2D eigenvalue weighted by Gasteiger charge is 2.20. The van der Waals surface area contributed by atoms with Gasteiger partial charge in [0, 0.05) is 34.4 Å². The minimum atomic E-state index is -3.73. The van der Waals surface area contributed by atoms with Gasteiger partial charge in [0.25, 0.3) is 0 Å². The zero-order valence-electron chi connectivity index (χ0n) is 13.7. The van der Waals surface area contributed by atoms with Gasteiger partial charge >= 0.3 is 5.97 Å². The molecule has 0 aliphatic heterocycles. The summed E-state index contributed by atoms with van der Waals surface area (Å²) in [6.07, 6.45) is 3.82. The molecule has 2 aromatic heterocycles. The first-order valence-electron chi connectivity index (χ1n) is 7.63. The standard InChI is InChI=1S/C17H15BrN2O5S/c1-10-14-7-13(2-3-15(14)25-16(10)17(21)22)26(23,24)20-5-4-11-6-12(18)9-19-8-11/h2-3,6-9,20H,4-5H2,1H3,(H,21,22). The van der Waals surface area contributed by atoms with Gasteiger partial charge in [-0.1, -0.05) is 0 Å². The Hall–Kier alpha value is -2.23. The monoisotopic (exact) mass is 438 g/mol. The maximum atomic E-state index is 12.5. The van der Waals surface area contributed by atoms with Gasteiger partial charge in [0.05, 0.1) is 4.90 Å². The van der Waals surface area contributed by atoms with Crippen molar-refractivity contribution in [2.45, 2.75) is 18.2 Å². The molecule has 3 rings (SSSR count). The number of aryl methyl sites for hydroxylation is 1. The van der Waals surface area contributed by atoms with Gasteiger partial charge in [0.1, 0.15) is 5.58 Å². The van der Waals surface area contributed by atoms with Crippen molar-refractivity contribution in [2.75, 3.05) is 6.54 Å². The van der Waals surface area contributed by atoms with Crippen molar-refractivity contribution in [1.29, 1.82) is 0 Å². The summed E-state index contributed by atoms with van der Waals surface area (Å²) >= 11 is 3.32. The second-order valence-corrected chi connectivity index (χ2v) is 8.36. The molecule has 2 N–H and O–H groups in total. The van der Waals surface area contributed by atoms with Crippen LogP contribution in [0.3, 0.4) is 0 Å². The Bertz CT molecular complexity index is 1090. The van der Waals surface area contributed by atoms with E-state index in [1.807, 2.05) is 6.07 Å². The lowest BCUT2D eigenvalue weighted by molar-refractivity contribution is 0.0664. The van der Waals surface area contributed by atoms with E-state index >= 15 is 0 Å². The second-order valence-electron chi connectivity index (χ2n) is 5.68. The average molecular weight is 439 g/mol. The highest BCUT2D eigenvalue weighted by atomic mass is 79.9. The molecule has 0 saturated heterocycles. The van der Waals surface area contributed by atoms with Crippen LogP contribution in [0.25, 0.3) is 11.0 Å². The molecule has 0 aliphatic rings. The SMILES string of the molecule is Cc1c(C(=O)O)oc2ccc(S(=O)(=O)NCCc3cncc(Br)c3)cc12. The highest BCUT2D eigenvalue weighted by Crippen LogP contribution is 2.27. The number of furan rings is 1. The summed E-state index contributed by atoms with van der Waals surface area (Å²) < 4.78 is 33.6. The third kappa shape index (κ3) is 3.79. The number of rotatable bonds is 6. The molecule has 9 heteroatoms. The number of halogens is 1. The molecule has 0 spiro atoms. The Kier molecular flexibility index (Phi) is 5.12. The number of carbonyl (C=O) groups is 1. The van der Waals surface area contributed by atoms with E-state index < -0.39 is 16.0 Å². The third-order valence-corrected chi connectivity index (χ3v) is 5.77. The number of nitrogens with zero attached hydrogens (tertiary/aromatic N) is 1. The zero-order chi connectivity index (χ0) is 18.9. The van der Waals surface area contributed by atoms with Crippen molar-refractivity contribution < 1.29 is 22.7 Å². The van der Waals surface area contributed by atoms with E-state index in [1.165, 1.54) is 18.2 Å². The molecule has 7 nitrogen and oxygen atoms in total. The van der Waals surface area contributed by atoms with Crippen LogP contribution in [-0.4, -0.2) is 31.0 Å². The van der Waals surface area contributed by atoms with Gasteiger partial charge in [0.15, 0.2) is 0 Å². The Labute approximate surface area is 158 Å². The van der Waals surface area contributed by atoms with Crippen LogP contribution in [0.1, 0.15) is 21.7 Å². The summed E-state index contributed by atoms with van der Waals surface area (Å²) in [6.45, 7) is 1.79. The van der Waals surface area contributed by atoms with Crippen molar-refractivity contribution in [3.8, 4) is 0 Å². The van der Waals surface area contributed by atoms with E-state index in [0.717, 1.165) is 10.0 Å². The van der Waals surface area contributed by atoms with Crippen LogP contribution in [-0.2, 0) is 16.4 Å². The Morgan fingerprint density at radius 1 is 1.31 bits per heavy atom.